The van der Waals surface area contributed by atoms with Gasteiger partial charge in [-0.05, 0) is 48.2 Å². The fourth-order valence-electron chi connectivity index (χ4n) is 4.67. The molecule has 0 spiro atoms. The molecule has 3 aromatic carbocycles. The number of nitrogens with zero attached hydrogens (tertiary/aromatic N) is 2. The zero-order valence-corrected chi connectivity index (χ0v) is 21.2. The normalized spacial score (nSPS) is 18.6. The minimum Gasteiger partial charge on any atom is -0.341 e. The van der Waals surface area contributed by atoms with Crippen LogP contribution in [-0.4, -0.2) is 53.7 Å². The Kier molecular flexibility index (Phi) is 8.44. The second-order valence-corrected chi connectivity index (χ2v) is 10.4. The van der Waals surface area contributed by atoms with E-state index in [0.29, 0.717) is 24.4 Å². The maximum atomic E-state index is 12.7. The fourth-order valence-corrected chi connectivity index (χ4v) is 5.53. The summed E-state index contributed by atoms with van der Waals surface area (Å²) < 4.78 is 0. The van der Waals surface area contributed by atoms with Gasteiger partial charge in [-0.1, -0.05) is 66.7 Å². The molecule has 1 aliphatic heterocycles. The number of rotatable bonds is 8. The molecule has 34 heavy (non-hydrogen) atoms. The van der Waals surface area contributed by atoms with E-state index in [-0.39, 0.29) is 5.91 Å². The highest BCUT2D eigenvalue weighted by Gasteiger charge is 2.20. The lowest BCUT2D eigenvalue weighted by Crippen LogP contribution is -2.53. The van der Waals surface area contributed by atoms with Gasteiger partial charge in [-0.15, -0.1) is 11.8 Å². The van der Waals surface area contributed by atoms with Crippen molar-refractivity contribution in [3.63, 3.8) is 0 Å². The molecule has 0 unspecified atom stereocenters. The molecular weight excluding hydrogens is 438 g/mol. The maximum Gasteiger partial charge on any atom is 0.232 e. The molecule has 4 rings (SSSR count). The van der Waals surface area contributed by atoms with Crippen LogP contribution in [-0.2, 0) is 17.9 Å². The molecule has 1 heterocycles. The number of carbonyl (C=O) groups is 1. The molecular formula is C29H35N3OS. The van der Waals surface area contributed by atoms with E-state index in [1.807, 2.05) is 42.3 Å². The van der Waals surface area contributed by atoms with Crippen LogP contribution in [0.4, 0.5) is 0 Å². The van der Waals surface area contributed by atoms with Crippen molar-refractivity contribution in [1.29, 1.82) is 0 Å². The third-order valence-corrected chi connectivity index (χ3v) is 7.26. The first-order chi connectivity index (χ1) is 16.5. The lowest BCUT2D eigenvalue weighted by atomic mass is 9.98. The van der Waals surface area contributed by atoms with Crippen LogP contribution in [0.3, 0.4) is 0 Å². The van der Waals surface area contributed by atoms with Crippen LogP contribution in [0.15, 0.2) is 83.8 Å². The van der Waals surface area contributed by atoms with Crippen LogP contribution >= 0.6 is 11.8 Å². The van der Waals surface area contributed by atoms with Crippen LogP contribution in [0.5, 0.6) is 0 Å². The fraction of sp³-hybridized carbons (Fsp3) is 0.345. The van der Waals surface area contributed by atoms with Gasteiger partial charge in [0.1, 0.15) is 0 Å². The number of piperazine rings is 1. The van der Waals surface area contributed by atoms with Crippen molar-refractivity contribution in [3.8, 4) is 11.1 Å². The van der Waals surface area contributed by atoms with E-state index < -0.39 is 0 Å². The van der Waals surface area contributed by atoms with Crippen molar-refractivity contribution in [3.05, 3.63) is 90.0 Å². The summed E-state index contributed by atoms with van der Waals surface area (Å²) in [6.45, 7) is 8.25. The number of benzene rings is 3. The summed E-state index contributed by atoms with van der Waals surface area (Å²) in [6, 6.07) is 28.5. The Balaban J connectivity index is 1.39. The summed E-state index contributed by atoms with van der Waals surface area (Å²) in [7, 11) is 1.89. The lowest BCUT2D eigenvalue weighted by molar-refractivity contribution is -0.127. The van der Waals surface area contributed by atoms with Gasteiger partial charge in [-0.25, -0.2) is 0 Å². The van der Waals surface area contributed by atoms with Gasteiger partial charge in [-0.3, -0.25) is 9.69 Å². The second kappa shape index (κ2) is 11.7. The highest BCUT2D eigenvalue weighted by atomic mass is 32.2. The number of thioether (sulfide) groups is 1. The van der Waals surface area contributed by atoms with E-state index in [4.69, 9.17) is 0 Å². The van der Waals surface area contributed by atoms with Crippen LogP contribution in [0.2, 0.25) is 0 Å². The van der Waals surface area contributed by atoms with Crippen LogP contribution < -0.4 is 5.32 Å². The average Bonchev–Trinajstić information content (AvgIpc) is 2.83. The first-order valence-electron chi connectivity index (χ1n) is 12.1. The van der Waals surface area contributed by atoms with Crippen LogP contribution in [0, 0.1) is 0 Å². The first-order valence-corrected chi connectivity index (χ1v) is 13.0. The van der Waals surface area contributed by atoms with Gasteiger partial charge in [0.2, 0.25) is 5.91 Å². The molecule has 3 aromatic rings. The van der Waals surface area contributed by atoms with Gasteiger partial charge in [0.25, 0.3) is 0 Å². The molecule has 0 radical (unpaired) electrons. The van der Waals surface area contributed by atoms with E-state index in [1.165, 1.54) is 22.3 Å². The Morgan fingerprint density at radius 1 is 0.941 bits per heavy atom. The summed E-state index contributed by atoms with van der Waals surface area (Å²) in [5.41, 5.74) is 4.89. The quantitative estimate of drug-likeness (QED) is 0.451. The highest BCUT2D eigenvalue weighted by molar-refractivity contribution is 8.00. The molecule has 0 saturated carbocycles. The smallest absolute Gasteiger partial charge is 0.232 e. The monoisotopic (exact) mass is 473 g/mol. The predicted molar refractivity (Wildman–Crippen MR) is 143 cm³/mol. The molecule has 1 aliphatic rings. The standard InChI is InChI=1S/C29H35N3OS/c1-22-17-32(18-23(2)30-22)19-24-13-15-25(16-14-24)28-12-8-7-9-26(28)20-31(3)29(33)21-34-27-10-5-4-6-11-27/h4-16,22-23,30H,17-21H2,1-3H3/t22-,23+. The summed E-state index contributed by atoms with van der Waals surface area (Å²) in [4.78, 5) is 18.2. The largest absolute Gasteiger partial charge is 0.341 e. The van der Waals surface area contributed by atoms with E-state index in [9.17, 15) is 4.79 Å². The minimum absolute atomic E-state index is 0.137. The molecule has 0 aliphatic carbocycles. The SMILES string of the molecule is C[C@@H]1CN(Cc2ccc(-c3ccccc3CN(C)C(=O)CSc3ccccc3)cc2)C[C@H](C)N1. The average molecular weight is 474 g/mol. The van der Waals surface area contributed by atoms with Crippen molar-refractivity contribution in [2.45, 2.75) is 43.9 Å². The number of hydrogen-bond acceptors (Lipinski definition) is 4. The molecule has 1 saturated heterocycles. The van der Waals surface area contributed by atoms with E-state index in [1.54, 1.807) is 11.8 Å². The Bertz CT molecular complexity index is 1060. The topological polar surface area (TPSA) is 35.6 Å². The molecule has 2 atom stereocenters. The van der Waals surface area contributed by atoms with Gasteiger partial charge in [0, 0.05) is 50.2 Å². The Labute approximate surface area is 208 Å². The summed E-state index contributed by atoms with van der Waals surface area (Å²) in [5, 5.41) is 3.60. The molecule has 1 amide bonds. The summed E-state index contributed by atoms with van der Waals surface area (Å²) >= 11 is 1.58. The van der Waals surface area contributed by atoms with E-state index in [0.717, 1.165) is 24.5 Å². The second-order valence-electron chi connectivity index (χ2n) is 9.37. The Hall–Kier alpha value is -2.60. The van der Waals surface area contributed by atoms with Gasteiger partial charge >= 0.3 is 0 Å². The van der Waals surface area contributed by atoms with Crippen molar-refractivity contribution in [1.82, 2.24) is 15.1 Å². The molecule has 5 heteroatoms. The molecule has 178 valence electrons. The molecule has 1 N–H and O–H groups in total. The van der Waals surface area contributed by atoms with Gasteiger partial charge in [-0.2, -0.15) is 0 Å². The van der Waals surface area contributed by atoms with Gasteiger partial charge < -0.3 is 10.2 Å². The molecule has 1 fully saturated rings. The number of amides is 1. The van der Waals surface area contributed by atoms with Crippen molar-refractivity contribution < 1.29 is 4.79 Å². The Morgan fingerprint density at radius 2 is 1.59 bits per heavy atom. The van der Waals surface area contributed by atoms with E-state index >= 15 is 0 Å². The lowest BCUT2D eigenvalue weighted by Gasteiger charge is -2.36. The first kappa shape index (κ1) is 24.5. The van der Waals surface area contributed by atoms with Gasteiger partial charge in [0.05, 0.1) is 5.75 Å². The molecule has 0 bridgehead atoms. The van der Waals surface area contributed by atoms with Crippen molar-refractivity contribution >= 4 is 17.7 Å². The summed E-state index contributed by atoms with van der Waals surface area (Å²) in [5.74, 6) is 0.583. The number of carbonyl (C=O) groups excluding carboxylic acids is 1. The predicted octanol–water partition coefficient (Wildman–Crippen LogP) is 5.29. The van der Waals surface area contributed by atoms with Crippen molar-refractivity contribution in [2.24, 2.45) is 0 Å². The molecule has 0 aromatic heterocycles. The minimum atomic E-state index is 0.137. The third-order valence-electron chi connectivity index (χ3n) is 6.26. The number of nitrogens with one attached hydrogen (secondary N) is 1. The highest BCUT2D eigenvalue weighted by Crippen LogP contribution is 2.26. The molecule has 4 nitrogen and oxygen atoms in total. The van der Waals surface area contributed by atoms with Gasteiger partial charge in [0.15, 0.2) is 0 Å². The van der Waals surface area contributed by atoms with Crippen LogP contribution in [0.1, 0.15) is 25.0 Å². The van der Waals surface area contributed by atoms with Crippen molar-refractivity contribution in [2.75, 3.05) is 25.9 Å². The zero-order valence-electron chi connectivity index (χ0n) is 20.4. The number of hydrogen-bond donors (Lipinski definition) is 1. The van der Waals surface area contributed by atoms with Crippen LogP contribution in [0.25, 0.3) is 11.1 Å². The summed E-state index contributed by atoms with van der Waals surface area (Å²) in [6.07, 6.45) is 0. The Morgan fingerprint density at radius 3 is 2.29 bits per heavy atom. The third kappa shape index (κ3) is 6.72. The maximum absolute atomic E-state index is 12.7. The van der Waals surface area contributed by atoms with E-state index in [2.05, 4.69) is 72.6 Å². The zero-order chi connectivity index (χ0) is 23.9.